The predicted molar refractivity (Wildman–Crippen MR) is 132 cm³/mol. The first-order valence-corrected chi connectivity index (χ1v) is 11.2. The first-order chi connectivity index (χ1) is 17.3. The predicted octanol–water partition coefficient (Wildman–Crippen LogP) is 3.39. The van der Waals surface area contributed by atoms with E-state index in [9.17, 15) is 0 Å². The molecule has 7 rings (SSSR count). The van der Waals surface area contributed by atoms with Crippen molar-refractivity contribution in [3.8, 4) is 17.1 Å². The van der Waals surface area contributed by atoms with Gasteiger partial charge in [-0.25, -0.2) is 5.01 Å². The van der Waals surface area contributed by atoms with Gasteiger partial charge in [0.1, 0.15) is 11.2 Å². The number of furan rings is 1. The molecule has 6 aromatic rings. The van der Waals surface area contributed by atoms with Crippen molar-refractivity contribution in [2.45, 2.75) is 0 Å². The van der Waals surface area contributed by atoms with Crippen LogP contribution < -0.4 is 16.1 Å². The number of hydrazine groups is 1. The quantitative estimate of drug-likeness (QED) is 0.392. The van der Waals surface area contributed by atoms with Crippen molar-refractivity contribution < 1.29 is 9.95 Å². The molecule has 35 heavy (non-hydrogen) atoms. The smallest absolute Gasteiger partial charge is 0.216 e. The van der Waals surface area contributed by atoms with Gasteiger partial charge in [0.05, 0.1) is 11.4 Å². The second-order valence-corrected chi connectivity index (χ2v) is 8.16. The fraction of sp³-hybridized carbons (Fsp3) is 0. The zero-order valence-electron chi connectivity index (χ0n) is 18.4. The maximum absolute atomic E-state index is 6.13. The Bertz CT molecular complexity index is 1710. The normalized spacial score (nSPS) is 13.6. The van der Waals surface area contributed by atoms with Gasteiger partial charge < -0.3 is 4.42 Å². The maximum Gasteiger partial charge on any atom is 0.216 e. The average molecular weight is 459 g/mol. The second kappa shape index (κ2) is 7.87. The Morgan fingerprint density at radius 3 is 2.11 bits per heavy atom. The van der Waals surface area contributed by atoms with Crippen molar-refractivity contribution in [1.82, 2.24) is 25.7 Å². The number of aromatic nitrogens is 4. The summed E-state index contributed by atoms with van der Waals surface area (Å²) < 4.78 is 7.87. The molecule has 9 nitrogen and oxygen atoms in total. The Morgan fingerprint density at radius 2 is 1.37 bits per heavy atom. The van der Waals surface area contributed by atoms with E-state index in [1.165, 1.54) is 0 Å². The first kappa shape index (κ1) is 19.6. The number of tetrazole rings is 1. The van der Waals surface area contributed by atoms with E-state index < -0.39 is 0 Å². The molecule has 0 saturated carbocycles. The number of para-hydroxylation sites is 2. The van der Waals surface area contributed by atoms with Crippen molar-refractivity contribution >= 4 is 33.5 Å². The molecule has 9 heteroatoms. The summed E-state index contributed by atoms with van der Waals surface area (Å²) in [5.41, 5.74) is 10.3. The Kier molecular flexibility index (Phi) is 4.41. The number of nitrogens with two attached hydrogens (primary N) is 1. The lowest BCUT2D eigenvalue weighted by Crippen LogP contribution is -2.87. The van der Waals surface area contributed by atoms with Crippen LogP contribution in [0.4, 0.5) is 5.69 Å². The van der Waals surface area contributed by atoms with Gasteiger partial charge in [-0.1, -0.05) is 36.4 Å². The largest absolute Gasteiger partial charge is 0.456 e. The molecular weight excluding hydrogens is 440 g/mol. The molecule has 0 aliphatic carbocycles. The number of fused-ring (bicyclic) bond motifs is 3. The van der Waals surface area contributed by atoms with Crippen molar-refractivity contribution in [1.29, 1.82) is 0 Å². The van der Waals surface area contributed by atoms with Gasteiger partial charge >= 0.3 is 0 Å². The monoisotopic (exact) mass is 459 g/mol. The summed E-state index contributed by atoms with van der Waals surface area (Å²) in [6.07, 6.45) is 0. The van der Waals surface area contributed by atoms with Crippen LogP contribution in [0.15, 0.2) is 107 Å². The lowest BCUT2D eigenvalue weighted by atomic mass is 10.1. The highest BCUT2D eigenvalue weighted by molar-refractivity contribution is 6.14. The Hall–Kier alpha value is -4.86. The number of anilines is 1. The summed E-state index contributed by atoms with van der Waals surface area (Å²) in [4.78, 5) is 0. The number of amidine groups is 1. The van der Waals surface area contributed by atoms with Crippen LogP contribution in [0, 0.1) is 0 Å². The van der Waals surface area contributed by atoms with Gasteiger partial charge in [0, 0.05) is 21.9 Å². The number of nitrogens with zero attached hydrogens (tertiary/aromatic N) is 6. The van der Waals surface area contributed by atoms with Gasteiger partial charge in [-0.05, 0) is 81.7 Å². The summed E-state index contributed by atoms with van der Waals surface area (Å²) in [5, 5.41) is 20.9. The van der Waals surface area contributed by atoms with Crippen LogP contribution in [0.25, 0.3) is 39.0 Å². The fourth-order valence-electron chi connectivity index (χ4n) is 4.41. The highest BCUT2D eigenvalue weighted by atomic mass is 16.3. The molecule has 0 atom stereocenters. The molecule has 0 amide bonds. The van der Waals surface area contributed by atoms with E-state index in [0.29, 0.717) is 5.82 Å². The summed E-state index contributed by atoms with van der Waals surface area (Å²) in [6, 6.07) is 32.1. The Labute approximate surface area is 199 Å². The third-order valence-electron chi connectivity index (χ3n) is 6.06. The molecule has 0 saturated heterocycles. The molecule has 4 aromatic carbocycles. The van der Waals surface area contributed by atoms with Crippen LogP contribution in [0.1, 0.15) is 5.56 Å². The van der Waals surface area contributed by atoms with E-state index in [2.05, 4.69) is 38.3 Å². The van der Waals surface area contributed by atoms with E-state index >= 15 is 0 Å². The summed E-state index contributed by atoms with van der Waals surface area (Å²) in [6.45, 7) is 0. The summed E-state index contributed by atoms with van der Waals surface area (Å²) in [7, 11) is 0. The fourth-order valence-corrected chi connectivity index (χ4v) is 4.41. The lowest BCUT2D eigenvalue weighted by Gasteiger charge is -2.16. The summed E-state index contributed by atoms with van der Waals surface area (Å²) >= 11 is 0. The Balaban J connectivity index is 1.34. The van der Waals surface area contributed by atoms with Gasteiger partial charge in [0.15, 0.2) is 5.82 Å². The molecule has 0 bridgehead atoms. The highest BCUT2D eigenvalue weighted by Gasteiger charge is 2.25. The van der Waals surface area contributed by atoms with Crippen molar-refractivity contribution in [3.63, 3.8) is 0 Å². The molecule has 2 aromatic heterocycles. The zero-order valence-corrected chi connectivity index (χ0v) is 18.4. The average Bonchev–Trinajstić information content (AvgIpc) is 3.67. The zero-order chi connectivity index (χ0) is 23.2. The standard InChI is InChI=1S/C26H18N8O/c1-3-7-19(8-4-1)33-25(27-29-31-33)17-11-13-23-21(15-17)22-16-18(12-14-24(22)35-23)26-28-30-32-34(26)20-9-5-2-6-10-20/h1-16,29,31H/p+1. The van der Waals surface area contributed by atoms with E-state index in [-0.39, 0.29) is 0 Å². The number of nitrogens with one attached hydrogen (secondary N) is 1. The van der Waals surface area contributed by atoms with Gasteiger partial charge in [0.2, 0.25) is 5.84 Å². The number of rotatable bonds is 4. The SMILES string of the molecule is c1ccc(N2N[NH2+]N=C2c2ccc3oc4ccc(-c5nnnn5-c5ccccc5)cc4c3c2)cc1. The molecular formula is C26H19N8O+. The minimum atomic E-state index is 0.665. The molecule has 3 N–H and O–H groups in total. The number of hydrogen-bond donors (Lipinski definition) is 2. The Morgan fingerprint density at radius 1 is 0.714 bits per heavy atom. The van der Waals surface area contributed by atoms with Crippen molar-refractivity contribution in [2.24, 2.45) is 5.10 Å². The minimum Gasteiger partial charge on any atom is -0.456 e. The van der Waals surface area contributed by atoms with Gasteiger partial charge in [-0.2, -0.15) is 4.68 Å². The molecule has 3 heterocycles. The number of hydrogen-bond acceptors (Lipinski definition) is 7. The summed E-state index contributed by atoms with van der Waals surface area (Å²) in [5.74, 6) is 1.48. The molecule has 0 spiro atoms. The van der Waals surface area contributed by atoms with Crippen LogP contribution in [0.3, 0.4) is 0 Å². The molecule has 0 unspecified atom stereocenters. The lowest BCUT2D eigenvalue weighted by molar-refractivity contribution is -0.709. The minimum absolute atomic E-state index is 0.665. The third kappa shape index (κ3) is 3.26. The van der Waals surface area contributed by atoms with Gasteiger partial charge in [-0.3, -0.25) is 0 Å². The maximum atomic E-state index is 6.13. The molecule has 0 radical (unpaired) electrons. The van der Waals surface area contributed by atoms with Gasteiger partial charge in [0.25, 0.3) is 0 Å². The molecule has 1 aliphatic heterocycles. The topological polar surface area (TPSA) is 101 Å². The molecule has 0 fully saturated rings. The number of benzene rings is 4. The van der Waals surface area contributed by atoms with Crippen LogP contribution in [-0.2, 0) is 0 Å². The van der Waals surface area contributed by atoms with Crippen molar-refractivity contribution in [2.75, 3.05) is 5.01 Å². The second-order valence-electron chi connectivity index (χ2n) is 8.16. The van der Waals surface area contributed by atoms with E-state index in [4.69, 9.17) is 4.42 Å². The van der Waals surface area contributed by atoms with Crippen LogP contribution in [-0.4, -0.2) is 26.0 Å². The number of quaternary nitrogens is 1. The van der Waals surface area contributed by atoms with Crippen LogP contribution in [0.5, 0.6) is 0 Å². The van der Waals surface area contributed by atoms with E-state index in [1.54, 1.807) is 10.2 Å². The third-order valence-corrected chi connectivity index (χ3v) is 6.06. The molecule has 1 aliphatic rings. The molecule has 168 valence electrons. The van der Waals surface area contributed by atoms with E-state index in [0.717, 1.165) is 50.3 Å². The van der Waals surface area contributed by atoms with Crippen LogP contribution in [0.2, 0.25) is 0 Å². The van der Waals surface area contributed by atoms with Crippen molar-refractivity contribution in [3.05, 3.63) is 103 Å². The van der Waals surface area contributed by atoms with Gasteiger partial charge in [-0.15, -0.1) is 10.6 Å². The highest BCUT2D eigenvalue weighted by Crippen LogP contribution is 2.33. The van der Waals surface area contributed by atoms with Crippen LogP contribution >= 0.6 is 0 Å². The first-order valence-electron chi connectivity index (χ1n) is 11.2. The van der Waals surface area contributed by atoms with E-state index in [1.807, 2.05) is 89.9 Å².